The van der Waals surface area contributed by atoms with E-state index < -0.39 is 0 Å². The van der Waals surface area contributed by atoms with Crippen LogP contribution < -0.4 is 10.6 Å². The molecule has 7 aromatic carbocycles. The van der Waals surface area contributed by atoms with Crippen LogP contribution in [0.25, 0.3) is 55.8 Å². The van der Waals surface area contributed by atoms with Crippen LogP contribution in [0.15, 0.2) is 170 Å². The van der Waals surface area contributed by atoms with Crippen LogP contribution in [-0.4, -0.2) is 10.1 Å². The van der Waals surface area contributed by atoms with E-state index in [1.54, 1.807) is 0 Å². The summed E-state index contributed by atoms with van der Waals surface area (Å²) in [5, 5.41) is 11.8. The number of hydrogen-bond donors (Lipinski definition) is 2. The number of aryl methyl sites for hydroxylation is 1. The Morgan fingerprint density at radius 3 is 1.78 bits per heavy atom. The van der Waals surface area contributed by atoms with Crippen molar-refractivity contribution in [2.45, 2.75) is 86.1 Å². The van der Waals surface area contributed by atoms with Gasteiger partial charge >= 0.3 is 0 Å². The van der Waals surface area contributed by atoms with Crippen LogP contribution >= 0.6 is 0 Å². The third-order valence-electron chi connectivity index (χ3n) is 12.5. The molecule has 4 heteroatoms. The maximum Gasteiger partial charge on any atom is 0.123 e. The van der Waals surface area contributed by atoms with Crippen molar-refractivity contribution in [3.8, 4) is 61.5 Å². The summed E-state index contributed by atoms with van der Waals surface area (Å²) in [6, 6.07) is 58.4. The van der Waals surface area contributed by atoms with E-state index in [-0.39, 0.29) is 10.8 Å². The van der Waals surface area contributed by atoms with Crippen molar-refractivity contribution < 1.29 is 5.11 Å². The molecule has 0 aliphatic rings. The Morgan fingerprint density at radius 1 is 0.538 bits per heavy atom. The van der Waals surface area contributed by atoms with E-state index in [0.717, 1.165) is 73.6 Å². The van der Waals surface area contributed by atoms with Crippen molar-refractivity contribution in [1.29, 1.82) is 0 Å². The predicted molar refractivity (Wildman–Crippen MR) is 277 cm³/mol. The normalized spacial score (nSPS) is 11.8. The first-order chi connectivity index (χ1) is 31.0. The molecule has 0 saturated heterocycles. The molecule has 0 aliphatic heterocycles. The molecule has 3 N–H and O–H groups in total. The molecule has 0 fully saturated rings. The Balaban J connectivity index is 1.28. The van der Waals surface area contributed by atoms with Crippen LogP contribution in [0.4, 0.5) is 17.1 Å². The summed E-state index contributed by atoms with van der Waals surface area (Å²) in [6.45, 7) is 20.4. The van der Waals surface area contributed by atoms with Gasteiger partial charge in [-0.15, -0.1) is 0 Å². The number of anilines is 3. The zero-order valence-electron chi connectivity index (χ0n) is 39.6. The van der Waals surface area contributed by atoms with Crippen molar-refractivity contribution in [3.05, 3.63) is 198 Å². The summed E-state index contributed by atoms with van der Waals surface area (Å²) in [5.41, 5.74) is 26.0. The first-order valence-corrected chi connectivity index (χ1v) is 23.0. The highest BCUT2D eigenvalue weighted by atomic mass is 16.3. The third-order valence-corrected chi connectivity index (χ3v) is 12.5. The van der Waals surface area contributed by atoms with Gasteiger partial charge in [0.05, 0.1) is 23.6 Å². The summed E-state index contributed by atoms with van der Waals surface area (Å²) < 4.78 is 0. The number of nitrogens with two attached hydrogens (primary N) is 1. The van der Waals surface area contributed by atoms with E-state index in [2.05, 4.69) is 218 Å². The van der Waals surface area contributed by atoms with Gasteiger partial charge in [-0.3, -0.25) is 4.98 Å². The lowest BCUT2D eigenvalue weighted by Gasteiger charge is -2.31. The lowest BCUT2D eigenvalue weighted by Crippen LogP contribution is -2.20. The van der Waals surface area contributed by atoms with Gasteiger partial charge in [-0.25, -0.2) is 0 Å². The molecule has 1 heterocycles. The van der Waals surface area contributed by atoms with Gasteiger partial charge in [-0.2, -0.15) is 0 Å². The average molecular weight is 854 g/mol. The smallest absolute Gasteiger partial charge is 0.123 e. The standard InChI is InChI=1S/C61H63N3O/c1-40(2)31-42-23-28-56(54(33-42)46-19-14-11-15-20-46)64(39-50-37-51(60(4,5)6)32-41(3)59(50)65)57-22-16-21-53(58(57)62)48-34-49(36-52(35-48)61(7,8)9)55-38-47(29-30-63-55)45-26-24-44(25-27-45)43-17-12-10-13-18-43/h10-30,32-38,40,65H,31,39,62H2,1-9H3. The molecule has 1 aromatic heterocycles. The van der Waals surface area contributed by atoms with Gasteiger partial charge in [-0.1, -0.05) is 171 Å². The molecular weight excluding hydrogens is 791 g/mol. The summed E-state index contributed by atoms with van der Waals surface area (Å²) in [7, 11) is 0. The highest BCUT2D eigenvalue weighted by Gasteiger charge is 2.25. The number of pyridine rings is 1. The molecule has 328 valence electrons. The quantitative estimate of drug-likeness (QED) is 0.127. The number of nitrogens with zero attached hydrogens (tertiary/aromatic N) is 2. The zero-order valence-corrected chi connectivity index (χ0v) is 39.6. The molecule has 4 nitrogen and oxygen atoms in total. The lowest BCUT2D eigenvalue weighted by atomic mass is 9.83. The first kappa shape index (κ1) is 44.7. The monoisotopic (exact) mass is 853 g/mol. The average Bonchev–Trinajstić information content (AvgIpc) is 3.29. The van der Waals surface area contributed by atoms with Crippen molar-refractivity contribution in [1.82, 2.24) is 4.98 Å². The Labute approximate surface area is 387 Å². The highest BCUT2D eigenvalue weighted by Crippen LogP contribution is 2.45. The molecule has 0 unspecified atom stereocenters. The molecule has 0 aliphatic carbocycles. The van der Waals surface area contributed by atoms with Crippen molar-refractivity contribution in [2.24, 2.45) is 5.92 Å². The molecular formula is C61H63N3O. The van der Waals surface area contributed by atoms with E-state index in [0.29, 0.717) is 23.9 Å². The van der Waals surface area contributed by atoms with E-state index >= 15 is 0 Å². The first-order valence-electron chi connectivity index (χ1n) is 23.0. The van der Waals surface area contributed by atoms with E-state index in [4.69, 9.17) is 10.7 Å². The molecule has 0 atom stereocenters. The van der Waals surface area contributed by atoms with Gasteiger partial charge in [-0.05, 0) is 134 Å². The van der Waals surface area contributed by atoms with E-state index in [1.165, 1.54) is 27.8 Å². The largest absolute Gasteiger partial charge is 0.507 e. The fourth-order valence-corrected chi connectivity index (χ4v) is 8.80. The second-order valence-electron chi connectivity index (χ2n) is 20.1. The Morgan fingerprint density at radius 2 is 1.14 bits per heavy atom. The number of nitrogen functional groups attached to an aromatic ring is 1. The second kappa shape index (κ2) is 18.3. The number of para-hydroxylation sites is 1. The van der Waals surface area contributed by atoms with Gasteiger partial charge in [0.25, 0.3) is 0 Å². The fourth-order valence-electron chi connectivity index (χ4n) is 8.80. The van der Waals surface area contributed by atoms with Crippen LogP contribution in [0.2, 0.25) is 0 Å². The number of aromatic nitrogens is 1. The Kier molecular flexibility index (Phi) is 12.6. The number of hydrogen-bond acceptors (Lipinski definition) is 4. The molecule has 0 saturated carbocycles. The van der Waals surface area contributed by atoms with Crippen LogP contribution in [0, 0.1) is 12.8 Å². The Bertz CT molecular complexity index is 2940. The van der Waals surface area contributed by atoms with Gasteiger partial charge in [0.15, 0.2) is 0 Å². The van der Waals surface area contributed by atoms with Crippen molar-refractivity contribution in [3.63, 3.8) is 0 Å². The van der Waals surface area contributed by atoms with Crippen LogP contribution in [0.5, 0.6) is 5.75 Å². The van der Waals surface area contributed by atoms with Gasteiger partial charge in [0.2, 0.25) is 0 Å². The zero-order chi connectivity index (χ0) is 46.0. The minimum atomic E-state index is -0.149. The van der Waals surface area contributed by atoms with Gasteiger partial charge in [0, 0.05) is 34.1 Å². The number of rotatable bonds is 11. The predicted octanol–water partition coefficient (Wildman–Crippen LogP) is 16.1. The van der Waals surface area contributed by atoms with Crippen LogP contribution in [-0.2, 0) is 23.8 Å². The molecule has 0 amide bonds. The second-order valence-corrected chi connectivity index (χ2v) is 20.1. The minimum Gasteiger partial charge on any atom is -0.507 e. The van der Waals surface area contributed by atoms with Crippen LogP contribution in [0.1, 0.15) is 83.2 Å². The maximum atomic E-state index is 11.8. The Hall–Kier alpha value is -6.91. The summed E-state index contributed by atoms with van der Waals surface area (Å²) in [6.07, 6.45) is 2.88. The van der Waals surface area contributed by atoms with Crippen molar-refractivity contribution >= 4 is 17.1 Å². The number of phenols is 1. The molecule has 0 spiro atoms. The van der Waals surface area contributed by atoms with Gasteiger partial charge < -0.3 is 15.7 Å². The van der Waals surface area contributed by atoms with Crippen LogP contribution in [0.3, 0.4) is 0 Å². The molecule has 0 bridgehead atoms. The number of benzene rings is 7. The SMILES string of the molecule is Cc1cc(C(C)(C)C)cc(CN(c2ccc(CC(C)C)cc2-c2ccccc2)c2cccc(-c3cc(-c4cc(-c5ccc(-c6ccccc6)cc5)ccn4)cc(C(C)(C)C)c3)c2N)c1O. The molecule has 8 rings (SSSR count). The minimum absolute atomic E-state index is 0.109. The number of phenolic OH excluding ortho intramolecular Hbond substituents is 1. The summed E-state index contributed by atoms with van der Waals surface area (Å²) >= 11 is 0. The highest BCUT2D eigenvalue weighted by molar-refractivity contribution is 5.93. The summed E-state index contributed by atoms with van der Waals surface area (Å²) in [5.74, 6) is 0.811. The number of aromatic hydroxyl groups is 1. The summed E-state index contributed by atoms with van der Waals surface area (Å²) in [4.78, 5) is 7.26. The van der Waals surface area contributed by atoms with Crippen molar-refractivity contribution in [2.75, 3.05) is 10.6 Å². The topological polar surface area (TPSA) is 62.4 Å². The third kappa shape index (κ3) is 9.93. The fraction of sp³-hybridized carbons (Fsp3) is 0.230. The van der Waals surface area contributed by atoms with E-state index in [1.807, 2.05) is 19.2 Å². The molecule has 8 aromatic rings. The molecule has 65 heavy (non-hydrogen) atoms. The lowest BCUT2D eigenvalue weighted by molar-refractivity contribution is 0.462. The van der Waals surface area contributed by atoms with E-state index in [9.17, 15) is 5.11 Å². The maximum absolute atomic E-state index is 11.8. The van der Waals surface area contributed by atoms with Gasteiger partial charge in [0.1, 0.15) is 5.75 Å². The molecule has 0 radical (unpaired) electrons.